The van der Waals surface area contributed by atoms with Gasteiger partial charge in [-0.3, -0.25) is 9.59 Å². The van der Waals surface area contributed by atoms with Gasteiger partial charge in [0.25, 0.3) is 0 Å². The molecule has 26 heavy (non-hydrogen) atoms. The summed E-state index contributed by atoms with van der Waals surface area (Å²) in [6.45, 7) is 9.02. The molecule has 0 unspecified atom stereocenters. The molecule has 1 saturated heterocycles. The molecule has 142 valence electrons. The van der Waals surface area contributed by atoms with E-state index in [9.17, 15) is 9.59 Å². The van der Waals surface area contributed by atoms with Crippen LogP contribution in [0.25, 0.3) is 0 Å². The van der Waals surface area contributed by atoms with Crippen molar-refractivity contribution in [3.63, 3.8) is 0 Å². The van der Waals surface area contributed by atoms with Crippen LogP contribution in [0.4, 0.5) is 11.6 Å². The molecule has 0 atom stereocenters. The highest BCUT2D eigenvalue weighted by atomic mass is 16.2. The Morgan fingerprint density at radius 3 is 2.27 bits per heavy atom. The quantitative estimate of drug-likeness (QED) is 0.797. The Kier molecular flexibility index (Phi) is 6.06. The number of Topliss-reactive ketones (excluding diaryl/α,β-unsaturated/α-hetero) is 1. The number of piperazine rings is 1. The summed E-state index contributed by atoms with van der Waals surface area (Å²) in [6, 6.07) is 4.04. The third-order valence-electron chi connectivity index (χ3n) is 5.53. The maximum Gasteiger partial charge on any atom is 0.225 e. The van der Waals surface area contributed by atoms with E-state index < -0.39 is 0 Å². The molecule has 1 aliphatic carbocycles. The summed E-state index contributed by atoms with van der Waals surface area (Å²) in [6.07, 6.45) is 2.56. The van der Waals surface area contributed by atoms with Gasteiger partial charge in [0.2, 0.25) is 5.91 Å². The number of carbonyl (C=O) groups excluding carboxylic acids is 2. The standard InChI is InChI=1S/C19H29N5O2/c1-3-22(4-2)17-9-10-18(21-20-17)23-11-13-24(14-12-23)19(26)15-5-7-16(25)8-6-15/h9-10,15H,3-8,11-14H2,1-2H3. The van der Waals surface area contributed by atoms with Crippen molar-refractivity contribution in [3.8, 4) is 0 Å². The SMILES string of the molecule is CCN(CC)c1ccc(N2CCN(C(=O)C3CCC(=O)CC3)CC2)nn1. The highest BCUT2D eigenvalue weighted by Crippen LogP contribution is 2.24. The zero-order valence-corrected chi connectivity index (χ0v) is 15.9. The van der Waals surface area contributed by atoms with Crippen LogP contribution in [0.1, 0.15) is 39.5 Å². The lowest BCUT2D eigenvalue weighted by atomic mass is 9.87. The molecular formula is C19H29N5O2. The lowest BCUT2D eigenvalue weighted by Gasteiger charge is -2.37. The minimum atomic E-state index is 0.0346. The summed E-state index contributed by atoms with van der Waals surface area (Å²) in [7, 11) is 0. The Labute approximate surface area is 155 Å². The smallest absolute Gasteiger partial charge is 0.225 e. The number of hydrogen-bond acceptors (Lipinski definition) is 6. The zero-order chi connectivity index (χ0) is 18.5. The Hall–Kier alpha value is -2.18. The summed E-state index contributed by atoms with van der Waals surface area (Å²) in [5.41, 5.74) is 0. The molecular weight excluding hydrogens is 330 g/mol. The topological polar surface area (TPSA) is 69.6 Å². The van der Waals surface area contributed by atoms with Gasteiger partial charge in [-0.15, -0.1) is 10.2 Å². The number of hydrogen-bond donors (Lipinski definition) is 0. The minimum absolute atomic E-state index is 0.0346. The molecule has 0 spiro atoms. The molecule has 2 aliphatic rings. The van der Waals surface area contributed by atoms with Gasteiger partial charge in [-0.2, -0.15) is 0 Å². The Balaban J connectivity index is 1.53. The molecule has 1 aromatic rings. The first-order chi connectivity index (χ1) is 12.6. The molecule has 0 radical (unpaired) electrons. The van der Waals surface area contributed by atoms with Crippen LogP contribution in [0.2, 0.25) is 0 Å². The Morgan fingerprint density at radius 1 is 1.08 bits per heavy atom. The predicted octanol–water partition coefficient (Wildman–Crippen LogP) is 1.73. The summed E-state index contributed by atoms with van der Waals surface area (Å²) in [5.74, 6) is 2.33. The number of anilines is 2. The summed E-state index contributed by atoms with van der Waals surface area (Å²) in [5, 5.41) is 8.73. The molecule has 1 aromatic heterocycles. The van der Waals surface area contributed by atoms with Gasteiger partial charge in [-0.05, 0) is 38.8 Å². The number of rotatable bonds is 5. The van der Waals surface area contributed by atoms with Crippen molar-refractivity contribution in [3.05, 3.63) is 12.1 Å². The second-order valence-electron chi connectivity index (χ2n) is 7.05. The van der Waals surface area contributed by atoms with Crippen LogP contribution in [0, 0.1) is 5.92 Å². The van der Waals surface area contributed by atoms with Gasteiger partial charge in [0.05, 0.1) is 0 Å². The van der Waals surface area contributed by atoms with Crippen molar-refractivity contribution in [2.45, 2.75) is 39.5 Å². The van der Waals surface area contributed by atoms with Crippen LogP contribution in [0.5, 0.6) is 0 Å². The second kappa shape index (κ2) is 8.47. The minimum Gasteiger partial charge on any atom is -0.356 e. The molecule has 7 nitrogen and oxygen atoms in total. The van der Waals surface area contributed by atoms with E-state index in [1.165, 1.54) is 0 Å². The van der Waals surface area contributed by atoms with E-state index in [4.69, 9.17) is 0 Å². The first kappa shape index (κ1) is 18.6. The molecule has 1 saturated carbocycles. The summed E-state index contributed by atoms with van der Waals surface area (Å²) in [4.78, 5) is 30.3. The fourth-order valence-electron chi connectivity index (χ4n) is 3.80. The van der Waals surface area contributed by atoms with Crippen molar-refractivity contribution in [1.82, 2.24) is 15.1 Å². The van der Waals surface area contributed by atoms with Crippen molar-refractivity contribution in [2.75, 3.05) is 49.1 Å². The van der Waals surface area contributed by atoms with Crippen LogP contribution in [-0.2, 0) is 9.59 Å². The molecule has 0 N–H and O–H groups in total. The lowest BCUT2D eigenvalue weighted by Crippen LogP contribution is -2.51. The second-order valence-corrected chi connectivity index (χ2v) is 7.05. The van der Waals surface area contributed by atoms with Crippen molar-refractivity contribution >= 4 is 23.3 Å². The van der Waals surface area contributed by atoms with Crippen LogP contribution in [-0.4, -0.2) is 66.1 Å². The third kappa shape index (κ3) is 4.14. The van der Waals surface area contributed by atoms with Gasteiger partial charge in [-0.1, -0.05) is 0 Å². The molecule has 2 fully saturated rings. The fraction of sp³-hybridized carbons (Fsp3) is 0.684. The van der Waals surface area contributed by atoms with Gasteiger partial charge in [-0.25, -0.2) is 0 Å². The number of ketones is 1. The zero-order valence-electron chi connectivity index (χ0n) is 15.9. The number of nitrogens with zero attached hydrogens (tertiary/aromatic N) is 5. The van der Waals surface area contributed by atoms with E-state index >= 15 is 0 Å². The van der Waals surface area contributed by atoms with E-state index in [-0.39, 0.29) is 11.8 Å². The molecule has 2 heterocycles. The van der Waals surface area contributed by atoms with E-state index in [1.807, 2.05) is 17.0 Å². The summed E-state index contributed by atoms with van der Waals surface area (Å²) >= 11 is 0. The highest BCUT2D eigenvalue weighted by molar-refractivity contribution is 5.84. The monoisotopic (exact) mass is 359 g/mol. The first-order valence-electron chi connectivity index (χ1n) is 9.76. The maximum atomic E-state index is 12.7. The average Bonchev–Trinajstić information content (AvgIpc) is 2.70. The highest BCUT2D eigenvalue weighted by Gasteiger charge is 2.30. The molecule has 0 bridgehead atoms. The Morgan fingerprint density at radius 2 is 1.73 bits per heavy atom. The van der Waals surface area contributed by atoms with Gasteiger partial charge in [0, 0.05) is 58.0 Å². The molecule has 1 amide bonds. The molecule has 1 aliphatic heterocycles. The van der Waals surface area contributed by atoms with E-state index in [1.54, 1.807) is 0 Å². The van der Waals surface area contributed by atoms with Gasteiger partial charge >= 0.3 is 0 Å². The number of aromatic nitrogens is 2. The first-order valence-corrected chi connectivity index (χ1v) is 9.76. The maximum absolute atomic E-state index is 12.7. The molecule has 3 rings (SSSR count). The Bertz CT molecular complexity index is 611. The van der Waals surface area contributed by atoms with E-state index in [0.29, 0.717) is 31.7 Å². The van der Waals surface area contributed by atoms with Crippen LogP contribution >= 0.6 is 0 Å². The lowest BCUT2D eigenvalue weighted by molar-refractivity contribution is -0.137. The molecule has 0 aromatic carbocycles. The number of carbonyl (C=O) groups is 2. The average molecular weight is 359 g/mol. The predicted molar refractivity (Wildman–Crippen MR) is 101 cm³/mol. The number of amides is 1. The molecule has 7 heteroatoms. The van der Waals surface area contributed by atoms with Crippen molar-refractivity contribution < 1.29 is 9.59 Å². The van der Waals surface area contributed by atoms with Crippen LogP contribution in [0.3, 0.4) is 0 Å². The van der Waals surface area contributed by atoms with Crippen molar-refractivity contribution in [2.24, 2.45) is 5.92 Å². The normalized spacial score (nSPS) is 18.9. The van der Waals surface area contributed by atoms with E-state index in [0.717, 1.165) is 50.7 Å². The third-order valence-corrected chi connectivity index (χ3v) is 5.53. The van der Waals surface area contributed by atoms with Crippen molar-refractivity contribution in [1.29, 1.82) is 0 Å². The van der Waals surface area contributed by atoms with Crippen LogP contribution < -0.4 is 9.80 Å². The fourth-order valence-corrected chi connectivity index (χ4v) is 3.80. The van der Waals surface area contributed by atoms with Gasteiger partial charge in [0.15, 0.2) is 11.6 Å². The van der Waals surface area contributed by atoms with Gasteiger partial charge < -0.3 is 14.7 Å². The largest absolute Gasteiger partial charge is 0.356 e. The summed E-state index contributed by atoms with van der Waals surface area (Å²) < 4.78 is 0. The van der Waals surface area contributed by atoms with E-state index in [2.05, 4.69) is 33.8 Å². The van der Waals surface area contributed by atoms with Crippen LogP contribution in [0.15, 0.2) is 12.1 Å². The van der Waals surface area contributed by atoms with Gasteiger partial charge in [0.1, 0.15) is 5.78 Å².